The van der Waals surface area contributed by atoms with E-state index >= 15 is 0 Å². The maximum Gasteiger partial charge on any atom is 0.248 e. The second kappa shape index (κ2) is 6.92. The maximum absolute atomic E-state index is 11.9. The summed E-state index contributed by atoms with van der Waals surface area (Å²) >= 11 is 6.03. The molecule has 2 aromatic rings. The molecule has 0 saturated carbocycles. The van der Waals surface area contributed by atoms with Crippen LogP contribution in [0.1, 0.15) is 18.1 Å². The van der Waals surface area contributed by atoms with E-state index in [1.54, 1.807) is 12.1 Å². The average molecular weight is 286 g/mol. The molecule has 0 atom stereocenters. The summed E-state index contributed by atoms with van der Waals surface area (Å²) in [6, 6.07) is 15.2. The summed E-state index contributed by atoms with van der Waals surface area (Å²) in [5, 5.41) is 3.51. The van der Waals surface area contributed by atoms with Crippen molar-refractivity contribution in [3.8, 4) is 0 Å². The molecule has 1 amide bonds. The van der Waals surface area contributed by atoms with Crippen LogP contribution < -0.4 is 5.32 Å². The van der Waals surface area contributed by atoms with E-state index in [9.17, 15) is 4.79 Å². The fraction of sp³-hybridized carbons (Fsp3) is 0.118. The third-order valence-corrected chi connectivity index (χ3v) is 3.32. The van der Waals surface area contributed by atoms with Gasteiger partial charge in [-0.25, -0.2) is 0 Å². The summed E-state index contributed by atoms with van der Waals surface area (Å²) in [5.41, 5.74) is 2.80. The van der Waals surface area contributed by atoms with E-state index in [1.165, 1.54) is 6.08 Å². The third kappa shape index (κ3) is 3.72. The van der Waals surface area contributed by atoms with Crippen LogP contribution in [0.15, 0.2) is 54.6 Å². The Labute approximate surface area is 124 Å². The van der Waals surface area contributed by atoms with Crippen molar-refractivity contribution in [1.82, 2.24) is 0 Å². The van der Waals surface area contributed by atoms with Gasteiger partial charge in [0.2, 0.25) is 5.91 Å². The summed E-state index contributed by atoms with van der Waals surface area (Å²) in [5.74, 6) is -0.161. The van der Waals surface area contributed by atoms with E-state index in [0.717, 1.165) is 23.2 Å². The maximum atomic E-state index is 11.9. The number of carbonyl (C=O) groups is 1. The van der Waals surface area contributed by atoms with Gasteiger partial charge in [-0.2, -0.15) is 0 Å². The number of halogens is 1. The van der Waals surface area contributed by atoms with E-state index in [4.69, 9.17) is 11.6 Å². The number of carbonyl (C=O) groups excluding carboxylic acids is 1. The number of nitrogens with one attached hydrogen (secondary N) is 1. The molecule has 102 valence electrons. The number of hydrogen-bond acceptors (Lipinski definition) is 1. The van der Waals surface area contributed by atoms with Crippen LogP contribution >= 0.6 is 11.6 Å². The number of hydrogen-bond donors (Lipinski definition) is 1. The zero-order chi connectivity index (χ0) is 14.4. The molecule has 0 aromatic heterocycles. The number of amides is 1. The van der Waals surface area contributed by atoms with Gasteiger partial charge in [-0.1, -0.05) is 54.9 Å². The van der Waals surface area contributed by atoms with Crippen LogP contribution in [0.5, 0.6) is 0 Å². The minimum absolute atomic E-state index is 0.161. The lowest BCUT2D eigenvalue weighted by molar-refractivity contribution is -0.111. The SMILES string of the molecule is CCc1ccccc1NC(=O)/C=C/c1ccccc1Cl. The summed E-state index contributed by atoms with van der Waals surface area (Å²) < 4.78 is 0. The Morgan fingerprint density at radius 1 is 1.15 bits per heavy atom. The van der Waals surface area contributed by atoms with Gasteiger partial charge in [0.1, 0.15) is 0 Å². The Hall–Kier alpha value is -2.06. The largest absolute Gasteiger partial charge is 0.322 e. The van der Waals surface area contributed by atoms with Crippen LogP contribution in [-0.2, 0) is 11.2 Å². The van der Waals surface area contributed by atoms with Crippen LogP contribution in [-0.4, -0.2) is 5.91 Å². The first-order valence-corrected chi connectivity index (χ1v) is 6.90. The first-order chi connectivity index (χ1) is 9.70. The molecular weight excluding hydrogens is 270 g/mol. The van der Waals surface area contributed by atoms with E-state index in [1.807, 2.05) is 42.5 Å². The summed E-state index contributed by atoms with van der Waals surface area (Å²) in [4.78, 5) is 11.9. The summed E-state index contributed by atoms with van der Waals surface area (Å²) in [6.45, 7) is 2.06. The first kappa shape index (κ1) is 14.4. The molecule has 0 heterocycles. The molecule has 0 spiro atoms. The van der Waals surface area contributed by atoms with E-state index in [2.05, 4.69) is 12.2 Å². The number of benzene rings is 2. The third-order valence-electron chi connectivity index (χ3n) is 2.98. The molecule has 1 N–H and O–H groups in total. The fourth-order valence-corrected chi connectivity index (χ4v) is 2.10. The second-order valence-electron chi connectivity index (χ2n) is 4.35. The Bertz CT molecular complexity index is 634. The van der Waals surface area contributed by atoms with E-state index in [-0.39, 0.29) is 5.91 Å². The van der Waals surface area contributed by atoms with Crippen LogP contribution in [0, 0.1) is 0 Å². The highest BCUT2D eigenvalue weighted by Crippen LogP contribution is 2.17. The molecule has 0 saturated heterocycles. The molecule has 2 aromatic carbocycles. The summed E-state index contributed by atoms with van der Waals surface area (Å²) in [6.07, 6.45) is 4.09. The molecule has 0 radical (unpaired) electrons. The smallest absolute Gasteiger partial charge is 0.248 e. The number of anilines is 1. The van der Waals surface area contributed by atoms with Crippen molar-refractivity contribution >= 4 is 29.3 Å². The highest BCUT2D eigenvalue weighted by molar-refractivity contribution is 6.32. The predicted octanol–water partition coefficient (Wildman–Crippen LogP) is 4.55. The monoisotopic (exact) mass is 285 g/mol. The molecule has 0 fully saturated rings. The van der Waals surface area contributed by atoms with Crippen molar-refractivity contribution in [2.24, 2.45) is 0 Å². The molecule has 0 aliphatic carbocycles. The van der Waals surface area contributed by atoms with E-state index in [0.29, 0.717) is 5.02 Å². The fourth-order valence-electron chi connectivity index (χ4n) is 1.90. The van der Waals surface area contributed by atoms with Crippen molar-refractivity contribution in [3.05, 3.63) is 70.8 Å². The predicted molar refractivity (Wildman–Crippen MR) is 84.9 cm³/mol. The quantitative estimate of drug-likeness (QED) is 0.820. The van der Waals surface area contributed by atoms with Gasteiger partial charge >= 0.3 is 0 Å². The van der Waals surface area contributed by atoms with Crippen molar-refractivity contribution in [1.29, 1.82) is 0 Å². The van der Waals surface area contributed by atoms with Crippen LogP contribution in [0.25, 0.3) is 6.08 Å². The lowest BCUT2D eigenvalue weighted by atomic mass is 10.1. The lowest BCUT2D eigenvalue weighted by Crippen LogP contribution is -2.09. The molecule has 3 heteroatoms. The van der Waals surface area contributed by atoms with Gasteiger partial charge in [-0.3, -0.25) is 4.79 Å². The molecule has 0 unspecified atom stereocenters. The topological polar surface area (TPSA) is 29.1 Å². The van der Waals surface area contributed by atoms with Crippen LogP contribution in [0.4, 0.5) is 5.69 Å². The highest BCUT2D eigenvalue weighted by Gasteiger charge is 2.02. The first-order valence-electron chi connectivity index (χ1n) is 6.52. The van der Waals surface area contributed by atoms with Crippen molar-refractivity contribution in [2.75, 3.05) is 5.32 Å². The average Bonchev–Trinajstić information content (AvgIpc) is 2.47. The second-order valence-corrected chi connectivity index (χ2v) is 4.76. The minimum Gasteiger partial charge on any atom is -0.322 e. The molecule has 0 aliphatic heterocycles. The van der Waals surface area contributed by atoms with Gasteiger partial charge in [0, 0.05) is 16.8 Å². The normalized spacial score (nSPS) is 10.7. The standard InChI is InChI=1S/C17H16ClNO/c1-2-13-7-4-6-10-16(13)19-17(20)12-11-14-8-3-5-9-15(14)18/h3-12H,2H2,1H3,(H,19,20)/b12-11+. The molecule has 2 nitrogen and oxygen atoms in total. The number of para-hydroxylation sites is 1. The van der Waals surface area contributed by atoms with E-state index < -0.39 is 0 Å². The Balaban J connectivity index is 2.08. The summed E-state index contributed by atoms with van der Waals surface area (Å²) in [7, 11) is 0. The molecule has 0 bridgehead atoms. The lowest BCUT2D eigenvalue weighted by Gasteiger charge is -2.07. The van der Waals surface area contributed by atoms with Crippen molar-refractivity contribution in [3.63, 3.8) is 0 Å². The number of rotatable bonds is 4. The molecule has 0 aliphatic rings. The van der Waals surface area contributed by atoms with Crippen molar-refractivity contribution in [2.45, 2.75) is 13.3 Å². The van der Waals surface area contributed by atoms with Gasteiger partial charge in [0.15, 0.2) is 0 Å². The molecule has 20 heavy (non-hydrogen) atoms. The Kier molecular flexibility index (Phi) is 4.97. The van der Waals surface area contributed by atoms with Crippen LogP contribution in [0.3, 0.4) is 0 Å². The van der Waals surface area contributed by atoms with Gasteiger partial charge in [0.05, 0.1) is 0 Å². The minimum atomic E-state index is -0.161. The Morgan fingerprint density at radius 2 is 1.85 bits per heavy atom. The zero-order valence-electron chi connectivity index (χ0n) is 11.3. The van der Waals surface area contributed by atoms with Crippen LogP contribution in [0.2, 0.25) is 5.02 Å². The van der Waals surface area contributed by atoms with Crippen molar-refractivity contribution < 1.29 is 4.79 Å². The Morgan fingerprint density at radius 3 is 2.60 bits per heavy atom. The zero-order valence-corrected chi connectivity index (χ0v) is 12.0. The highest BCUT2D eigenvalue weighted by atomic mass is 35.5. The molecular formula is C17H16ClNO. The van der Waals surface area contributed by atoms with Gasteiger partial charge in [-0.15, -0.1) is 0 Å². The van der Waals surface area contributed by atoms with Gasteiger partial charge < -0.3 is 5.32 Å². The molecule has 2 rings (SSSR count). The van der Waals surface area contributed by atoms with Gasteiger partial charge in [-0.05, 0) is 35.8 Å². The van der Waals surface area contributed by atoms with Gasteiger partial charge in [0.25, 0.3) is 0 Å². The number of aryl methyl sites for hydroxylation is 1.